The van der Waals surface area contributed by atoms with Crippen LogP contribution in [-0.4, -0.2) is 24.8 Å². The van der Waals surface area contributed by atoms with E-state index in [4.69, 9.17) is 0 Å². The van der Waals surface area contributed by atoms with Crippen molar-refractivity contribution in [1.29, 1.82) is 0 Å². The van der Waals surface area contributed by atoms with Crippen molar-refractivity contribution >= 4 is 25.8 Å². The van der Waals surface area contributed by atoms with Crippen molar-refractivity contribution in [2.75, 3.05) is 11.5 Å². The first-order chi connectivity index (χ1) is 7.44. The van der Waals surface area contributed by atoms with Gasteiger partial charge in [0.15, 0.2) is 0 Å². The van der Waals surface area contributed by atoms with E-state index < -0.39 is 9.84 Å². The summed E-state index contributed by atoms with van der Waals surface area (Å²) >= 11 is 3.69. The van der Waals surface area contributed by atoms with Gasteiger partial charge in [-0.05, 0) is 43.9 Å². The lowest BCUT2D eigenvalue weighted by Crippen LogP contribution is -2.26. The number of sulfone groups is 1. The number of halogens is 1. The van der Waals surface area contributed by atoms with Gasteiger partial charge in [-0.2, -0.15) is 0 Å². The summed E-state index contributed by atoms with van der Waals surface area (Å²) in [5, 5.41) is 0. The maximum absolute atomic E-state index is 11.6. The Morgan fingerprint density at radius 3 is 2.56 bits per heavy atom. The summed E-state index contributed by atoms with van der Waals surface area (Å²) in [7, 11) is -2.79. The minimum atomic E-state index is -2.79. The Labute approximate surface area is 108 Å². The van der Waals surface area contributed by atoms with Gasteiger partial charge in [0, 0.05) is 10.6 Å². The molecule has 0 aromatic heterocycles. The van der Waals surface area contributed by atoms with Gasteiger partial charge in [0.2, 0.25) is 0 Å². The maximum Gasteiger partial charge on any atom is 0.150 e. The van der Waals surface area contributed by atoms with E-state index in [2.05, 4.69) is 22.9 Å². The van der Waals surface area contributed by atoms with Crippen molar-refractivity contribution in [1.82, 2.24) is 0 Å². The summed E-state index contributed by atoms with van der Waals surface area (Å²) in [6.07, 6.45) is 5.22. The van der Waals surface area contributed by atoms with Crippen LogP contribution >= 0.6 is 15.9 Å². The first-order valence-electron chi connectivity index (χ1n) is 6.29. The lowest BCUT2D eigenvalue weighted by Gasteiger charge is -2.31. The third kappa shape index (κ3) is 4.74. The molecule has 0 saturated heterocycles. The molecule has 0 aromatic carbocycles. The fraction of sp³-hybridized carbons (Fsp3) is 1.00. The predicted octanol–water partition coefficient (Wildman–Crippen LogP) is 3.40. The van der Waals surface area contributed by atoms with Gasteiger partial charge in [-0.15, -0.1) is 0 Å². The van der Waals surface area contributed by atoms with Crippen molar-refractivity contribution in [2.45, 2.75) is 50.8 Å². The Kier molecular flexibility index (Phi) is 5.78. The van der Waals surface area contributed by atoms with E-state index in [0.717, 1.165) is 18.8 Å². The second kappa shape index (κ2) is 6.39. The van der Waals surface area contributed by atoms with Crippen LogP contribution in [0, 0.1) is 11.8 Å². The summed E-state index contributed by atoms with van der Waals surface area (Å²) in [6.45, 7) is 4.19. The van der Waals surface area contributed by atoms with Crippen molar-refractivity contribution < 1.29 is 8.42 Å². The number of hydrogen-bond acceptors (Lipinski definition) is 2. The van der Waals surface area contributed by atoms with Gasteiger partial charge >= 0.3 is 0 Å². The molecule has 0 spiro atoms. The zero-order valence-electron chi connectivity index (χ0n) is 10.3. The smallest absolute Gasteiger partial charge is 0.150 e. The van der Waals surface area contributed by atoms with Gasteiger partial charge < -0.3 is 0 Å². The van der Waals surface area contributed by atoms with Crippen molar-refractivity contribution in [3.8, 4) is 0 Å². The number of hydrogen-bond donors (Lipinski definition) is 0. The molecule has 3 unspecified atom stereocenters. The largest absolute Gasteiger partial charge is 0.229 e. The molecule has 1 aliphatic rings. The number of alkyl halides is 1. The quantitative estimate of drug-likeness (QED) is 0.729. The Morgan fingerprint density at radius 2 is 1.94 bits per heavy atom. The molecule has 0 radical (unpaired) electrons. The van der Waals surface area contributed by atoms with Gasteiger partial charge in [0.05, 0.1) is 5.75 Å². The van der Waals surface area contributed by atoms with Crippen molar-refractivity contribution in [3.05, 3.63) is 0 Å². The van der Waals surface area contributed by atoms with Crippen LogP contribution in [0.15, 0.2) is 0 Å². The van der Waals surface area contributed by atoms with Crippen LogP contribution in [0.25, 0.3) is 0 Å². The van der Waals surface area contributed by atoms with E-state index in [9.17, 15) is 8.42 Å². The highest BCUT2D eigenvalue weighted by atomic mass is 79.9. The summed E-state index contributed by atoms with van der Waals surface area (Å²) in [5.74, 6) is 2.03. The summed E-state index contributed by atoms with van der Waals surface area (Å²) < 4.78 is 23.3. The molecular weight excluding hydrogens is 288 g/mol. The molecule has 0 aromatic rings. The lowest BCUT2D eigenvalue weighted by molar-refractivity contribution is 0.290. The standard InChI is InChI=1S/C12H23BrO2S/c1-3-7-16(14,15)8-6-11-9-10(2)4-5-12(11)13/h10-12H,3-9H2,1-2H3. The normalized spacial score (nSPS) is 31.6. The zero-order valence-corrected chi connectivity index (χ0v) is 12.7. The highest BCUT2D eigenvalue weighted by molar-refractivity contribution is 9.09. The average molecular weight is 311 g/mol. The Hall–Kier alpha value is 0.430. The van der Waals surface area contributed by atoms with Gasteiger partial charge in [0.1, 0.15) is 9.84 Å². The zero-order chi connectivity index (χ0) is 12.2. The molecule has 3 atom stereocenters. The third-order valence-corrected chi connectivity index (χ3v) is 6.56. The van der Waals surface area contributed by atoms with E-state index in [1.54, 1.807) is 0 Å². The Balaban J connectivity index is 2.41. The minimum Gasteiger partial charge on any atom is -0.229 e. The van der Waals surface area contributed by atoms with E-state index in [-0.39, 0.29) is 0 Å². The minimum absolute atomic E-state index is 0.349. The Morgan fingerprint density at radius 1 is 1.25 bits per heavy atom. The lowest BCUT2D eigenvalue weighted by atomic mass is 9.81. The number of rotatable bonds is 5. The SMILES string of the molecule is CCCS(=O)(=O)CCC1CC(C)CCC1Br. The van der Waals surface area contributed by atoms with Gasteiger partial charge in [0.25, 0.3) is 0 Å². The Bertz CT molecular complexity index is 300. The van der Waals surface area contributed by atoms with E-state index >= 15 is 0 Å². The molecule has 0 heterocycles. The molecule has 1 rings (SSSR count). The highest BCUT2D eigenvalue weighted by Gasteiger charge is 2.27. The summed E-state index contributed by atoms with van der Waals surface area (Å²) in [5.41, 5.74) is 0. The van der Waals surface area contributed by atoms with E-state index in [1.165, 1.54) is 19.3 Å². The summed E-state index contributed by atoms with van der Waals surface area (Å²) in [4.78, 5) is 0.528. The van der Waals surface area contributed by atoms with Crippen LogP contribution in [0.3, 0.4) is 0 Å². The van der Waals surface area contributed by atoms with Crippen molar-refractivity contribution in [2.24, 2.45) is 11.8 Å². The second-order valence-electron chi connectivity index (χ2n) is 5.13. The molecular formula is C12H23BrO2S. The van der Waals surface area contributed by atoms with Gasteiger partial charge in [-0.1, -0.05) is 29.8 Å². The molecule has 0 aliphatic heterocycles. The van der Waals surface area contributed by atoms with Crippen LogP contribution in [-0.2, 0) is 9.84 Å². The van der Waals surface area contributed by atoms with Crippen LogP contribution in [0.5, 0.6) is 0 Å². The van der Waals surface area contributed by atoms with Crippen LogP contribution < -0.4 is 0 Å². The van der Waals surface area contributed by atoms with E-state index in [1.807, 2.05) is 6.92 Å². The molecule has 0 amide bonds. The third-order valence-electron chi connectivity index (χ3n) is 3.47. The molecule has 1 fully saturated rings. The molecule has 96 valence electrons. The summed E-state index contributed by atoms with van der Waals surface area (Å²) in [6, 6.07) is 0. The molecule has 2 nitrogen and oxygen atoms in total. The molecule has 1 saturated carbocycles. The second-order valence-corrected chi connectivity index (χ2v) is 8.61. The average Bonchev–Trinajstić information content (AvgIpc) is 2.19. The fourth-order valence-corrected chi connectivity index (χ4v) is 4.74. The van der Waals surface area contributed by atoms with Crippen LogP contribution in [0.2, 0.25) is 0 Å². The molecule has 0 bridgehead atoms. The molecule has 0 N–H and O–H groups in total. The maximum atomic E-state index is 11.6. The fourth-order valence-electron chi connectivity index (χ4n) is 2.50. The van der Waals surface area contributed by atoms with Crippen molar-refractivity contribution in [3.63, 3.8) is 0 Å². The van der Waals surface area contributed by atoms with Gasteiger partial charge in [-0.25, -0.2) is 8.42 Å². The molecule has 16 heavy (non-hydrogen) atoms. The topological polar surface area (TPSA) is 34.1 Å². The monoisotopic (exact) mass is 310 g/mol. The van der Waals surface area contributed by atoms with Gasteiger partial charge in [-0.3, -0.25) is 0 Å². The first kappa shape index (κ1) is 14.5. The van der Waals surface area contributed by atoms with Crippen LogP contribution in [0.4, 0.5) is 0 Å². The molecule has 4 heteroatoms. The van der Waals surface area contributed by atoms with Crippen LogP contribution in [0.1, 0.15) is 46.0 Å². The predicted molar refractivity (Wildman–Crippen MR) is 72.8 cm³/mol. The molecule has 1 aliphatic carbocycles. The first-order valence-corrected chi connectivity index (χ1v) is 9.02. The highest BCUT2D eigenvalue weighted by Crippen LogP contribution is 2.35. The van der Waals surface area contributed by atoms with E-state index in [0.29, 0.717) is 22.3 Å².